The van der Waals surface area contributed by atoms with Crippen molar-refractivity contribution in [3.8, 4) is 0 Å². The lowest BCUT2D eigenvalue weighted by molar-refractivity contribution is 0.342. The highest BCUT2D eigenvalue weighted by atomic mass is 32.2. The van der Waals surface area contributed by atoms with E-state index in [2.05, 4.69) is 5.10 Å². The summed E-state index contributed by atoms with van der Waals surface area (Å²) in [4.78, 5) is 0.349. The van der Waals surface area contributed by atoms with Gasteiger partial charge < -0.3 is 5.73 Å². The minimum Gasteiger partial charge on any atom is -0.330 e. The van der Waals surface area contributed by atoms with E-state index in [-0.39, 0.29) is 6.04 Å². The Balaban J connectivity index is 3.28. The van der Waals surface area contributed by atoms with E-state index in [0.29, 0.717) is 35.9 Å². The Hall–Kier alpha value is -0.920. The van der Waals surface area contributed by atoms with Crippen LogP contribution in [0.2, 0.25) is 0 Å². The zero-order chi connectivity index (χ0) is 16.2. The second-order valence-electron chi connectivity index (χ2n) is 5.33. The van der Waals surface area contributed by atoms with E-state index in [1.165, 1.54) is 0 Å². The number of nitrogens with zero attached hydrogens (tertiary/aromatic N) is 3. The summed E-state index contributed by atoms with van der Waals surface area (Å²) >= 11 is 0. The van der Waals surface area contributed by atoms with Crippen LogP contribution >= 0.6 is 0 Å². The van der Waals surface area contributed by atoms with Gasteiger partial charge in [0.1, 0.15) is 4.90 Å². The summed E-state index contributed by atoms with van der Waals surface area (Å²) in [6, 6.07) is -0.0220. The Morgan fingerprint density at radius 3 is 2.43 bits per heavy atom. The Morgan fingerprint density at radius 1 is 1.33 bits per heavy atom. The van der Waals surface area contributed by atoms with Gasteiger partial charge in [0.25, 0.3) is 0 Å². The Morgan fingerprint density at radius 2 is 1.95 bits per heavy atom. The van der Waals surface area contributed by atoms with Crippen molar-refractivity contribution in [1.82, 2.24) is 14.1 Å². The lowest BCUT2D eigenvalue weighted by Gasteiger charge is -2.26. The van der Waals surface area contributed by atoms with Gasteiger partial charge in [0, 0.05) is 19.1 Å². The second kappa shape index (κ2) is 7.38. The summed E-state index contributed by atoms with van der Waals surface area (Å²) in [5.74, 6) is 0. The van der Waals surface area contributed by atoms with Crippen LogP contribution < -0.4 is 5.73 Å². The number of nitrogens with two attached hydrogens (primary N) is 1. The Labute approximate surface area is 128 Å². The summed E-state index contributed by atoms with van der Waals surface area (Å²) in [6.45, 7) is 11.0. The molecule has 0 bridgehead atoms. The van der Waals surface area contributed by atoms with Gasteiger partial charge in [-0.3, -0.25) is 4.68 Å². The molecule has 0 spiro atoms. The highest BCUT2D eigenvalue weighted by Gasteiger charge is 2.32. The smallest absolute Gasteiger partial charge is 0.246 e. The largest absolute Gasteiger partial charge is 0.330 e. The van der Waals surface area contributed by atoms with Crippen molar-refractivity contribution in [1.29, 1.82) is 0 Å². The van der Waals surface area contributed by atoms with Crippen molar-refractivity contribution in [2.24, 2.45) is 5.73 Å². The Kier molecular flexibility index (Phi) is 6.37. The number of hydrogen-bond acceptors (Lipinski definition) is 4. The molecular weight excluding hydrogens is 288 g/mol. The molecule has 0 aromatic carbocycles. The van der Waals surface area contributed by atoms with Crippen LogP contribution in [0.3, 0.4) is 0 Å². The number of aromatic nitrogens is 2. The van der Waals surface area contributed by atoms with Gasteiger partial charge in [-0.2, -0.15) is 9.40 Å². The third-order valence-corrected chi connectivity index (χ3v) is 6.19. The Bertz CT molecular complexity index is 566. The van der Waals surface area contributed by atoms with Gasteiger partial charge in [-0.1, -0.05) is 13.8 Å². The topological polar surface area (TPSA) is 81.2 Å². The molecule has 1 aromatic rings. The molecule has 1 aromatic heterocycles. The van der Waals surface area contributed by atoms with Crippen LogP contribution in [-0.4, -0.2) is 41.6 Å². The number of hydrogen-bond donors (Lipinski definition) is 1. The van der Waals surface area contributed by atoms with E-state index in [1.807, 2.05) is 27.7 Å². The van der Waals surface area contributed by atoms with Gasteiger partial charge in [0.2, 0.25) is 10.0 Å². The molecule has 122 valence electrons. The van der Waals surface area contributed by atoms with Gasteiger partial charge in [0.05, 0.1) is 11.4 Å². The maximum atomic E-state index is 12.9. The minimum atomic E-state index is -3.51. The first-order valence-electron chi connectivity index (χ1n) is 7.57. The normalized spacial score (nSPS) is 13.9. The average Bonchev–Trinajstić information content (AvgIpc) is 2.71. The van der Waals surface area contributed by atoms with Crippen LogP contribution in [0.4, 0.5) is 0 Å². The molecule has 0 fully saturated rings. The van der Waals surface area contributed by atoms with E-state index >= 15 is 0 Å². The molecule has 0 aliphatic heterocycles. The number of rotatable bonds is 8. The van der Waals surface area contributed by atoms with E-state index in [0.717, 1.165) is 12.8 Å². The highest BCUT2D eigenvalue weighted by molar-refractivity contribution is 7.89. The molecule has 1 atom stereocenters. The fraction of sp³-hybridized carbons (Fsp3) is 0.786. The van der Waals surface area contributed by atoms with Gasteiger partial charge >= 0.3 is 0 Å². The molecular formula is C14H28N4O2S. The summed E-state index contributed by atoms with van der Waals surface area (Å²) in [5, 5.41) is 4.37. The summed E-state index contributed by atoms with van der Waals surface area (Å²) < 4.78 is 29.2. The van der Waals surface area contributed by atoms with Crippen molar-refractivity contribution in [2.45, 2.75) is 64.9 Å². The highest BCUT2D eigenvalue weighted by Crippen LogP contribution is 2.25. The summed E-state index contributed by atoms with van der Waals surface area (Å²) in [5.41, 5.74) is 6.78. The average molecular weight is 316 g/mol. The van der Waals surface area contributed by atoms with Crippen LogP contribution in [0.1, 0.15) is 45.0 Å². The molecule has 0 saturated heterocycles. The molecule has 0 aliphatic carbocycles. The van der Waals surface area contributed by atoms with Crippen molar-refractivity contribution in [3.05, 3.63) is 11.4 Å². The third kappa shape index (κ3) is 3.64. The minimum absolute atomic E-state index is 0.0220. The molecule has 1 unspecified atom stereocenters. The molecule has 1 rings (SSSR count). The zero-order valence-electron chi connectivity index (χ0n) is 13.8. The van der Waals surface area contributed by atoms with Crippen molar-refractivity contribution in [3.63, 3.8) is 0 Å². The van der Waals surface area contributed by atoms with Crippen LogP contribution in [-0.2, 0) is 16.6 Å². The SMILES string of the molecule is CCC(C)N(CC)S(=O)(=O)c1c(C)nn(CCCN)c1C. The standard InChI is InChI=1S/C14H28N4O2S/c1-6-11(3)18(7-2)21(19,20)14-12(4)16-17(13(14)5)10-8-9-15/h11H,6-10,15H2,1-5H3. The summed E-state index contributed by atoms with van der Waals surface area (Å²) in [7, 11) is -3.51. The second-order valence-corrected chi connectivity index (χ2v) is 7.16. The molecule has 0 radical (unpaired) electrons. The molecule has 0 aliphatic rings. The van der Waals surface area contributed by atoms with Crippen molar-refractivity contribution in [2.75, 3.05) is 13.1 Å². The predicted octanol–water partition coefficient (Wildman–Crippen LogP) is 1.66. The van der Waals surface area contributed by atoms with Crippen molar-refractivity contribution < 1.29 is 8.42 Å². The number of aryl methyl sites for hydroxylation is 2. The van der Waals surface area contributed by atoms with Crippen LogP contribution in [0.15, 0.2) is 4.90 Å². The lowest BCUT2D eigenvalue weighted by atomic mass is 10.3. The van der Waals surface area contributed by atoms with Crippen LogP contribution in [0.5, 0.6) is 0 Å². The molecule has 0 amide bonds. The van der Waals surface area contributed by atoms with Crippen LogP contribution in [0.25, 0.3) is 0 Å². The van der Waals surface area contributed by atoms with Gasteiger partial charge in [-0.05, 0) is 40.2 Å². The first kappa shape index (κ1) is 18.1. The van der Waals surface area contributed by atoms with E-state index in [4.69, 9.17) is 5.73 Å². The number of sulfonamides is 1. The monoisotopic (exact) mass is 316 g/mol. The molecule has 6 nitrogen and oxygen atoms in total. The zero-order valence-corrected chi connectivity index (χ0v) is 14.6. The van der Waals surface area contributed by atoms with E-state index in [9.17, 15) is 8.42 Å². The van der Waals surface area contributed by atoms with E-state index in [1.54, 1.807) is 15.9 Å². The first-order chi connectivity index (χ1) is 9.81. The van der Waals surface area contributed by atoms with Gasteiger partial charge in [-0.15, -0.1) is 0 Å². The van der Waals surface area contributed by atoms with Crippen molar-refractivity contribution >= 4 is 10.0 Å². The molecule has 0 saturated carbocycles. The van der Waals surface area contributed by atoms with E-state index < -0.39 is 10.0 Å². The quantitative estimate of drug-likeness (QED) is 0.791. The fourth-order valence-corrected chi connectivity index (χ4v) is 4.64. The molecule has 2 N–H and O–H groups in total. The molecule has 1 heterocycles. The fourth-order valence-electron chi connectivity index (χ4n) is 2.55. The summed E-state index contributed by atoms with van der Waals surface area (Å²) in [6.07, 6.45) is 1.57. The van der Waals surface area contributed by atoms with Gasteiger partial charge in [-0.25, -0.2) is 8.42 Å². The maximum absolute atomic E-state index is 12.9. The first-order valence-corrected chi connectivity index (χ1v) is 9.01. The predicted molar refractivity (Wildman–Crippen MR) is 84.7 cm³/mol. The third-order valence-electron chi connectivity index (χ3n) is 3.85. The molecule has 21 heavy (non-hydrogen) atoms. The molecule has 7 heteroatoms. The van der Waals surface area contributed by atoms with Gasteiger partial charge in [0.15, 0.2) is 0 Å². The maximum Gasteiger partial charge on any atom is 0.246 e. The van der Waals surface area contributed by atoms with Crippen LogP contribution in [0, 0.1) is 13.8 Å². The lowest BCUT2D eigenvalue weighted by Crippen LogP contribution is -2.38.